The van der Waals surface area contributed by atoms with Crippen molar-refractivity contribution in [1.29, 1.82) is 0 Å². The van der Waals surface area contributed by atoms with Gasteiger partial charge in [0.2, 0.25) is 5.96 Å². The van der Waals surface area contributed by atoms with Gasteiger partial charge in [0, 0.05) is 32.4 Å². The van der Waals surface area contributed by atoms with E-state index in [4.69, 9.17) is 4.74 Å². The average Bonchev–Trinajstić information content (AvgIpc) is 2.72. The number of alkyl halides is 2. The molecule has 0 unspecified atom stereocenters. The third-order valence-corrected chi connectivity index (χ3v) is 4.53. The Labute approximate surface area is 175 Å². The molecule has 2 N–H and O–H groups in total. The van der Waals surface area contributed by atoms with Crippen LogP contribution in [0, 0.1) is 0 Å². The molecule has 0 bridgehead atoms. The Kier molecular flexibility index (Phi) is 6.71. The molecule has 9 heteroatoms. The summed E-state index contributed by atoms with van der Waals surface area (Å²) in [5, 5.41) is 9.57. The topological polar surface area (TPSA) is 73.2 Å². The monoisotopic (exact) mass is 419 g/mol. The molecule has 0 saturated carbocycles. The first-order valence-corrected chi connectivity index (χ1v) is 9.77. The number of anilines is 1. The molecule has 162 valence electrons. The molecule has 0 radical (unpaired) electrons. The van der Waals surface area contributed by atoms with Crippen molar-refractivity contribution in [1.82, 2.24) is 15.4 Å². The summed E-state index contributed by atoms with van der Waals surface area (Å²) in [5.41, 5.74) is 2.44. The summed E-state index contributed by atoms with van der Waals surface area (Å²) < 4.78 is 32.3. The Bertz CT molecular complexity index is 860. The van der Waals surface area contributed by atoms with Crippen LogP contribution in [0.3, 0.4) is 0 Å². The van der Waals surface area contributed by atoms with E-state index in [1.165, 1.54) is 18.3 Å². The predicted octanol–water partition coefficient (Wildman–Crippen LogP) is 3.99. The van der Waals surface area contributed by atoms with Crippen molar-refractivity contribution in [2.45, 2.75) is 32.8 Å². The molecule has 30 heavy (non-hydrogen) atoms. The summed E-state index contributed by atoms with van der Waals surface area (Å²) in [6.45, 7) is 7.88. The lowest BCUT2D eigenvalue weighted by molar-refractivity contribution is 0.131. The Morgan fingerprint density at radius 2 is 1.80 bits per heavy atom. The first-order valence-electron chi connectivity index (χ1n) is 9.77. The molecule has 0 spiro atoms. The van der Waals surface area contributed by atoms with E-state index in [9.17, 15) is 14.0 Å². The number of ether oxygens (including phenoxy) is 1. The molecule has 1 aromatic carbocycles. The molecule has 7 nitrogen and oxygen atoms in total. The third kappa shape index (κ3) is 5.56. The minimum absolute atomic E-state index is 0.0716. The SMILES string of the molecule is CC(C)(C)Oc1ccc(N=C(NO)N2CCN(c3ncccc3C(F)F)CC2)cc1. The zero-order valence-electron chi connectivity index (χ0n) is 17.3. The van der Waals surface area contributed by atoms with Gasteiger partial charge >= 0.3 is 0 Å². The molecular formula is C21H27F2N5O2. The first-order chi connectivity index (χ1) is 14.3. The molecule has 1 aliphatic heterocycles. The van der Waals surface area contributed by atoms with Gasteiger partial charge in [-0.05, 0) is 57.2 Å². The minimum atomic E-state index is -2.58. The van der Waals surface area contributed by atoms with Crippen molar-refractivity contribution in [2.75, 3.05) is 31.1 Å². The average molecular weight is 419 g/mol. The van der Waals surface area contributed by atoms with Crippen molar-refractivity contribution in [3.63, 3.8) is 0 Å². The van der Waals surface area contributed by atoms with Gasteiger partial charge in [0.1, 0.15) is 17.2 Å². The van der Waals surface area contributed by atoms with Gasteiger partial charge in [0.25, 0.3) is 6.43 Å². The lowest BCUT2D eigenvalue weighted by Crippen LogP contribution is -2.52. The van der Waals surface area contributed by atoms with Gasteiger partial charge in [-0.3, -0.25) is 5.21 Å². The number of nitrogens with zero attached hydrogens (tertiary/aromatic N) is 4. The van der Waals surface area contributed by atoms with Gasteiger partial charge in [-0.2, -0.15) is 0 Å². The fourth-order valence-electron chi connectivity index (χ4n) is 3.20. The first kappa shape index (κ1) is 21.8. The Balaban J connectivity index is 1.66. The molecule has 1 aromatic heterocycles. The molecule has 1 fully saturated rings. The van der Waals surface area contributed by atoms with Crippen LogP contribution < -0.4 is 15.1 Å². The van der Waals surface area contributed by atoms with Gasteiger partial charge in [0.15, 0.2) is 0 Å². The summed E-state index contributed by atoms with van der Waals surface area (Å²) in [5.74, 6) is 1.34. The fraction of sp³-hybridized carbons (Fsp3) is 0.429. The number of benzene rings is 1. The molecule has 0 amide bonds. The Morgan fingerprint density at radius 3 is 2.37 bits per heavy atom. The van der Waals surface area contributed by atoms with Crippen molar-refractivity contribution < 1.29 is 18.7 Å². The van der Waals surface area contributed by atoms with Crippen LogP contribution in [0.2, 0.25) is 0 Å². The van der Waals surface area contributed by atoms with Crippen LogP contribution in [0.4, 0.5) is 20.3 Å². The summed E-state index contributed by atoms with van der Waals surface area (Å²) >= 11 is 0. The molecule has 0 aliphatic carbocycles. The quantitative estimate of drug-likeness (QED) is 0.444. The van der Waals surface area contributed by atoms with E-state index < -0.39 is 6.43 Å². The summed E-state index contributed by atoms with van der Waals surface area (Å²) in [4.78, 5) is 12.3. The number of nitrogens with one attached hydrogen (secondary N) is 1. The molecule has 1 saturated heterocycles. The van der Waals surface area contributed by atoms with Crippen LogP contribution in [0.25, 0.3) is 0 Å². The van der Waals surface area contributed by atoms with E-state index in [-0.39, 0.29) is 11.2 Å². The van der Waals surface area contributed by atoms with E-state index in [1.54, 1.807) is 12.1 Å². The highest BCUT2D eigenvalue weighted by molar-refractivity contribution is 5.82. The highest BCUT2D eigenvalue weighted by Gasteiger charge is 2.24. The maximum absolute atomic E-state index is 13.3. The second kappa shape index (κ2) is 9.25. The molecule has 3 rings (SSSR count). The van der Waals surface area contributed by atoms with Crippen LogP contribution in [0.5, 0.6) is 5.75 Å². The number of piperazine rings is 1. The number of halogens is 2. The normalized spacial score (nSPS) is 15.5. The number of hydrogen-bond donors (Lipinski definition) is 2. The smallest absolute Gasteiger partial charge is 0.267 e. The van der Waals surface area contributed by atoms with Crippen LogP contribution in [-0.2, 0) is 0 Å². The van der Waals surface area contributed by atoms with Crippen molar-refractivity contribution in [3.05, 3.63) is 48.2 Å². The largest absolute Gasteiger partial charge is 0.488 e. The molecule has 0 atom stereocenters. The van der Waals surface area contributed by atoms with Gasteiger partial charge < -0.3 is 14.5 Å². The number of guanidine groups is 1. The zero-order valence-corrected chi connectivity index (χ0v) is 17.3. The van der Waals surface area contributed by atoms with Gasteiger partial charge in [0.05, 0.1) is 11.3 Å². The summed E-state index contributed by atoms with van der Waals surface area (Å²) in [6, 6.07) is 10.2. The van der Waals surface area contributed by atoms with E-state index in [0.29, 0.717) is 43.6 Å². The lowest BCUT2D eigenvalue weighted by atomic mass is 10.2. The standard InChI is InChI=1S/C21H27F2N5O2/c1-21(2,3)30-16-8-6-15(7-9-16)25-20(26-29)28-13-11-27(12-14-28)19-17(18(22)23)5-4-10-24-19/h4-10,18,29H,11-14H2,1-3H3,(H,25,26). The maximum Gasteiger partial charge on any atom is 0.267 e. The molecular weight excluding hydrogens is 392 g/mol. The van der Waals surface area contributed by atoms with Crippen LogP contribution in [0.1, 0.15) is 32.8 Å². The minimum Gasteiger partial charge on any atom is -0.488 e. The van der Waals surface area contributed by atoms with Gasteiger partial charge in [-0.1, -0.05) is 0 Å². The third-order valence-electron chi connectivity index (χ3n) is 4.53. The second-order valence-corrected chi connectivity index (χ2v) is 7.95. The molecule has 2 aromatic rings. The second-order valence-electron chi connectivity index (χ2n) is 7.95. The number of aliphatic imine (C=N–C) groups is 1. The number of pyridine rings is 1. The lowest BCUT2D eigenvalue weighted by Gasteiger charge is -2.37. The van der Waals surface area contributed by atoms with Gasteiger partial charge in [-0.25, -0.2) is 24.2 Å². The van der Waals surface area contributed by atoms with Gasteiger partial charge in [-0.15, -0.1) is 0 Å². The van der Waals surface area contributed by atoms with Crippen molar-refractivity contribution in [2.24, 2.45) is 4.99 Å². The predicted molar refractivity (Wildman–Crippen MR) is 112 cm³/mol. The molecule has 1 aliphatic rings. The number of hydroxylamine groups is 1. The van der Waals surface area contributed by atoms with Crippen LogP contribution in [-0.4, -0.2) is 52.8 Å². The summed E-state index contributed by atoms with van der Waals surface area (Å²) in [7, 11) is 0. The highest BCUT2D eigenvalue weighted by Crippen LogP contribution is 2.28. The maximum atomic E-state index is 13.3. The molecule has 2 heterocycles. The Morgan fingerprint density at radius 1 is 1.13 bits per heavy atom. The zero-order chi connectivity index (χ0) is 21.7. The number of hydrogen-bond acceptors (Lipinski definition) is 5. The Hall–Kier alpha value is -2.94. The number of rotatable bonds is 4. The highest BCUT2D eigenvalue weighted by atomic mass is 19.3. The van der Waals surface area contributed by atoms with Crippen LogP contribution >= 0.6 is 0 Å². The van der Waals surface area contributed by atoms with E-state index >= 15 is 0 Å². The van der Waals surface area contributed by atoms with E-state index in [1.807, 2.05) is 42.7 Å². The summed E-state index contributed by atoms with van der Waals surface area (Å²) in [6.07, 6.45) is -1.06. The van der Waals surface area contributed by atoms with Crippen molar-refractivity contribution in [3.8, 4) is 5.75 Å². The van der Waals surface area contributed by atoms with Crippen LogP contribution in [0.15, 0.2) is 47.6 Å². The van der Waals surface area contributed by atoms with E-state index in [2.05, 4.69) is 15.5 Å². The van der Waals surface area contributed by atoms with Crippen molar-refractivity contribution >= 4 is 17.5 Å². The fourth-order valence-corrected chi connectivity index (χ4v) is 3.20. The van der Waals surface area contributed by atoms with E-state index in [0.717, 1.165) is 5.75 Å². The number of aromatic nitrogens is 1.